The summed E-state index contributed by atoms with van der Waals surface area (Å²) in [7, 11) is 2.33. The van der Waals surface area contributed by atoms with Crippen molar-refractivity contribution in [2.75, 3.05) is 26.7 Å². The molecule has 2 aliphatic carbocycles. The minimum Gasteiger partial charge on any atom is -0.303 e. The Kier molecular flexibility index (Phi) is 6.65. The van der Waals surface area contributed by atoms with Gasteiger partial charge >= 0.3 is 0 Å². The van der Waals surface area contributed by atoms with E-state index in [1.165, 1.54) is 83.8 Å². The quantitative estimate of drug-likeness (QED) is 0.620. The third kappa shape index (κ3) is 4.89. The summed E-state index contributed by atoms with van der Waals surface area (Å²) in [6.07, 6.45) is 16.6. The van der Waals surface area contributed by atoms with Crippen LogP contribution in [0.3, 0.4) is 0 Å². The van der Waals surface area contributed by atoms with Crippen LogP contribution in [0.5, 0.6) is 0 Å². The summed E-state index contributed by atoms with van der Waals surface area (Å²) in [5, 5.41) is 0. The van der Waals surface area contributed by atoms with Gasteiger partial charge < -0.3 is 9.80 Å². The van der Waals surface area contributed by atoms with E-state index < -0.39 is 0 Å². The van der Waals surface area contributed by atoms with Gasteiger partial charge in [0.2, 0.25) is 0 Å². The Morgan fingerprint density at radius 2 is 1.60 bits per heavy atom. The molecule has 0 N–H and O–H groups in total. The minimum atomic E-state index is 0.692. The second kappa shape index (κ2) is 8.57. The molecule has 0 unspecified atom stereocenters. The van der Waals surface area contributed by atoms with E-state index in [0.717, 1.165) is 17.9 Å². The van der Waals surface area contributed by atoms with Crippen LogP contribution in [0.15, 0.2) is 12.7 Å². The van der Waals surface area contributed by atoms with Crippen molar-refractivity contribution in [3.8, 4) is 0 Å². The Balaban J connectivity index is 1.40. The number of likely N-dealkylation sites (tertiary alicyclic amines) is 1. The summed E-state index contributed by atoms with van der Waals surface area (Å²) in [6.45, 7) is 12.8. The molecule has 3 fully saturated rings. The Bertz CT molecular complexity index is 404. The molecule has 1 heterocycles. The molecule has 1 saturated heterocycles. The Labute approximate surface area is 157 Å². The summed E-state index contributed by atoms with van der Waals surface area (Å²) in [5.41, 5.74) is 0.700. The zero-order valence-electron chi connectivity index (χ0n) is 17.2. The molecule has 1 aliphatic heterocycles. The smallest absolute Gasteiger partial charge is 0.00953 e. The van der Waals surface area contributed by atoms with E-state index in [2.05, 4.69) is 43.3 Å². The molecule has 0 radical (unpaired) electrons. The van der Waals surface area contributed by atoms with Crippen molar-refractivity contribution in [1.82, 2.24) is 9.80 Å². The van der Waals surface area contributed by atoms with Crippen LogP contribution in [0.2, 0.25) is 0 Å². The highest BCUT2D eigenvalue weighted by atomic mass is 15.2. The van der Waals surface area contributed by atoms with Crippen molar-refractivity contribution < 1.29 is 0 Å². The maximum Gasteiger partial charge on any atom is 0.00953 e. The largest absolute Gasteiger partial charge is 0.303 e. The first-order valence-corrected chi connectivity index (χ1v) is 11.1. The van der Waals surface area contributed by atoms with E-state index in [4.69, 9.17) is 0 Å². The molecule has 144 valence electrons. The summed E-state index contributed by atoms with van der Waals surface area (Å²) in [6, 6.07) is 1.53. The topological polar surface area (TPSA) is 6.48 Å². The van der Waals surface area contributed by atoms with Crippen LogP contribution in [0, 0.1) is 17.3 Å². The Hall–Kier alpha value is -0.340. The summed E-state index contributed by atoms with van der Waals surface area (Å²) in [5.74, 6) is 1.76. The van der Waals surface area contributed by atoms with Gasteiger partial charge in [-0.3, -0.25) is 0 Å². The van der Waals surface area contributed by atoms with Gasteiger partial charge in [-0.15, -0.1) is 6.58 Å². The van der Waals surface area contributed by atoms with Crippen LogP contribution >= 0.6 is 0 Å². The number of hydrogen-bond donors (Lipinski definition) is 0. The summed E-state index contributed by atoms with van der Waals surface area (Å²) < 4.78 is 0. The van der Waals surface area contributed by atoms with Crippen molar-refractivity contribution in [3.05, 3.63) is 12.7 Å². The molecule has 1 spiro atoms. The number of piperidine rings is 1. The molecular weight excluding hydrogens is 304 g/mol. The fourth-order valence-corrected chi connectivity index (χ4v) is 5.73. The van der Waals surface area contributed by atoms with Gasteiger partial charge in [-0.2, -0.15) is 0 Å². The molecule has 0 aromatic heterocycles. The lowest BCUT2D eigenvalue weighted by molar-refractivity contribution is 0.0254. The minimum absolute atomic E-state index is 0.692. The van der Waals surface area contributed by atoms with Gasteiger partial charge in [0, 0.05) is 18.6 Å². The van der Waals surface area contributed by atoms with E-state index in [1.807, 2.05) is 0 Å². The van der Waals surface area contributed by atoms with Crippen molar-refractivity contribution in [2.24, 2.45) is 17.3 Å². The lowest BCUT2D eigenvalue weighted by Crippen LogP contribution is -2.47. The second-order valence-corrected chi connectivity index (χ2v) is 9.81. The molecular formula is C23H42N2. The SMILES string of the molecule is C=CC1CCC(CN2CCC3(CCC(N(C)C(C)C)CC3)CC2)CC1. The van der Waals surface area contributed by atoms with Crippen LogP contribution in [0.25, 0.3) is 0 Å². The maximum absolute atomic E-state index is 3.99. The van der Waals surface area contributed by atoms with Crippen LogP contribution in [-0.2, 0) is 0 Å². The lowest BCUT2D eigenvalue weighted by Gasteiger charge is -2.48. The van der Waals surface area contributed by atoms with E-state index in [1.54, 1.807) is 0 Å². The van der Waals surface area contributed by atoms with Crippen LogP contribution in [0.1, 0.15) is 78.1 Å². The molecule has 0 amide bonds. The fourth-order valence-electron chi connectivity index (χ4n) is 5.73. The molecule has 2 saturated carbocycles. The van der Waals surface area contributed by atoms with Crippen molar-refractivity contribution in [3.63, 3.8) is 0 Å². The van der Waals surface area contributed by atoms with Crippen LogP contribution in [0.4, 0.5) is 0 Å². The monoisotopic (exact) mass is 346 g/mol. The third-order valence-corrected chi connectivity index (χ3v) is 8.06. The maximum atomic E-state index is 3.99. The molecule has 0 bridgehead atoms. The first-order valence-electron chi connectivity index (χ1n) is 11.1. The molecule has 2 heteroatoms. The fraction of sp³-hybridized carbons (Fsp3) is 0.913. The zero-order valence-corrected chi connectivity index (χ0v) is 17.2. The average molecular weight is 347 g/mol. The molecule has 0 atom stereocenters. The van der Waals surface area contributed by atoms with E-state index in [0.29, 0.717) is 11.5 Å². The molecule has 0 aromatic carbocycles. The first-order chi connectivity index (χ1) is 12.0. The summed E-state index contributed by atoms with van der Waals surface area (Å²) >= 11 is 0. The highest BCUT2D eigenvalue weighted by Crippen LogP contribution is 2.46. The number of rotatable bonds is 5. The molecule has 25 heavy (non-hydrogen) atoms. The van der Waals surface area contributed by atoms with Gasteiger partial charge in [-0.1, -0.05) is 6.08 Å². The van der Waals surface area contributed by atoms with Crippen molar-refractivity contribution in [2.45, 2.75) is 90.1 Å². The second-order valence-electron chi connectivity index (χ2n) is 9.81. The average Bonchev–Trinajstić information content (AvgIpc) is 2.64. The highest BCUT2D eigenvalue weighted by molar-refractivity contribution is 4.93. The van der Waals surface area contributed by atoms with Gasteiger partial charge in [-0.05, 0) is 115 Å². The third-order valence-electron chi connectivity index (χ3n) is 8.06. The van der Waals surface area contributed by atoms with Crippen LogP contribution in [-0.4, -0.2) is 48.6 Å². The number of allylic oxidation sites excluding steroid dienone is 1. The van der Waals surface area contributed by atoms with E-state index in [9.17, 15) is 0 Å². The molecule has 3 rings (SSSR count). The van der Waals surface area contributed by atoms with E-state index >= 15 is 0 Å². The Morgan fingerprint density at radius 3 is 2.12 bits per heavy atom. The normalized spacial score (nSPS) is 31.7. The highest BCUT2D eigenvalue weighted by Gasteiger charge is 2.39. The van der Waals surface area contributed by atoms with E-state index in [-0.39, 0.29) is 0 Å². The predicted molar refractivity (Wildman–Crippen MR) is 109 cm³/mol. The summed E-state index contributed by atoms with van der Waals surface area (Å²) in [4.78, 5) is 5.41. The van der Waals surface area contributed by atoms with Gasteiger partial charge in [0.1, 0.15) is 0 Å². The number of nitrogens with zero attached hydrogens (tertiary/aromatic N) is 2. The lowest BCUT2D eigenvalue weighted by atomic mass is 9.66. The van der Waals surface area contributed by atoms with Crippen molar-refractivity contribution in [1.29, 1.82) is 0 Å². The van der Waals surface area contributed by atoms with Gasteiger partial charge in [-0.25, -0.2) is 0 Å². The zero-order chi connectivity index (χ0) is 17.9. The predicted octanol–water partition coefficient (Wildman–Crippen LogP) is 5.34. The van der Waals surface area contributed by atoms with Crippen molar-refractivity contribution >= 4 is 0 Å². The number of hydrogen-bond acceptors (Lipinski definition) is 2. The molecule has 0 aromatic rings. The molecule has 3 aliphatic rings. The standard InChI is InChI=1S/C23H42N2/c1-5-20-6-8-21(9-7-20)18-25-16-14-23(15-17-25)12-10-22(11-13-23)24(4)19(2)3/h5,19-22H,1,6-18H2,2-4H3. The van der Waals surface area contributed by atoms with Crippen LogP contribution < -0.4 is 0 Å². The van der Waals surface area contributed by atoms with Gasteiger partial charge in [0.15, 0.2) is 0 Å². The van der Waals surface area contributed by atoms with Gasteiger partial charge in [0.05, 0.1) is 0 Å². The van der Waals surface area contributed by atoms with Gasteiger partial charge in [0.25, 0.3) is 0 Å². The molecule has 2 nitrogen and oxygen atoms in total. The Morgan fingerprint density at radius 1 is 1.00 bits per heavy atom. The first kappa shape index (κ1) is 19.4.